The number of benzene rings is 2. The molecule has 0 unspecified atom stereocenters. The first-order chi connectivity index (χ1) is 15.5. The molecular formula is C23H26F3N5O. The van der Waals surface area contributed by atoms with E-state index in [2.05, 4.69) is 25.3 Å². The number of ether oxygens (including phenoxy) is 1. The van der Waals surface area contributed by atoms with Crippen molar-refractivity contribution in [1.82, 2.24) is 15.1 Å². The lowest BCUT2D eigenvalue weighted by atomic mass is 10.1. The van der Waals surface area contributed by atoms with E-state index in [1.807, 2.05) is 24.3 Å². The minimum atomic E-state index is -4.32. The van der Waals surface area contributed by atoms with Gasteiger partial charge < -0.3 is 15.0 Å². The number of nitrogens with one attached hydrogen (secondary N) is 1. The first-order valence-electron chi connectivity index (χ1n) is 10.6. The number of anilines is 2. The molecule has 6 nitrogen and oxygen atoms in total. The van der Waals surface area contributed by atoms with Crippen LogP contribution < -0.4 is 10.2 Å². The van der Waals surface area contributed by atoms with Gasteiger partial charge in [-0.3, -0.25) is 4.90 Å². The molecule has 0 radical (unpaired) electrons. The fourth-order valence-corrected chi connectivity index (χ4v) is 3.95. The molecule has 4 rings (SSSR count). The Balaban J connectivity index is 1.44. The van der Waals surface area contributed by atoms with Crippen molar-refractivity contribution in [1.29, 1.82) is 0 Å². The Kier molecular flexibility index (Phi) is 6.76. The smallest absolute Gasteiger partial charge is 0.383 e. The van der Waals surface area contributed by atoms with Crippen LogP contribution >= 0.6 is 0 Å². The molecule has 0 bridgehead atoms. The third-order valence-corrected chi connectivity index (χ3v) is 5.60. The largest absolute Gasteiger partial charge is 0.416 e. The van der Waals surface area contributed by atoms with Crippen molar-refractivity contribution >= 4 is 22.4 Å². The van der Waals surface area contributed by atoms with E-state index in [-0.39, 0.29) is 0 Å². The van der Waals surface area contributed by atoms with Crippen molar-refractivity contribution < 1.29 is 17.9 Å². The number of fused-ring (bicyclic) bond motifs is 1. The van der Waals surface area contributed by atoms with E-state index in [1.54, 1.807) is 13.2 Å². The number of nitrogens with zero attached hydrogens (tertiary/aromatic N) is 4. The summed E-state index contributed by atoms with van der Waals surface area (Å²) in [4.78, 5) is 4.36. The van der Waals surface area contributed by atoms with Crippen LogP contribution in [-0.2, 0) is 17.5 Å². The minimum absolute atomic E-state index is 0.493. The second kappa shape index (κ2) is 9.70. The lowest BCUT2D eigenvalue weighted by molar-refractivity contribution is -0.137. The van der Waals surface area contributed by atoms with E-state index >= 15 is 0 Å². The summed E-state index contributed by atoms with van der Waals surface area (Å²) >= 11 is 0. The van der Waals surface area contributed by atoms with Gasteiger partial charge in [0, 0.05) is 57.2 Å². The van der Waals surface area contributed by atoms with Crippen LogP contribution in [0.3, 0.4) is 0 Å². The third-order valence-electron chi connectivity index (χ3n) is 5.60. The molecule has 1 aliphatic heterocycles. The standard InChI is InChI=1S/C23H26F3N5O/c1-32-14-9-27-21-19-7-2-3-8-20(19)22(29-28-21)31-12-10-30(11-13-31)16-17-5-4-6-18(15-17)23(24,25)26/h2-8,15H,9-14,16H2,1H3,(H,27,28). The average Bonchev–Trinajstić information content (AvgIpc) is 2.80. The molecule has 1 aromatic heterocycles. The molecule has 3 aromatic rings. The molecule has 0 saturated carbocycles. The molecule has 170 valence electrons. The summed E-state index contributed by atoms with van der Waals surface area (Å²) in [5.74, 6) is 1.56. The van der Waals surface area contributed by atoms with Crippen molar-refractivity contribution in [2.24, 2.45) is 0 Å². The van der Waals surface area contributed by atoms with E-state index < -0.39 is 11.7 Å². The van der Waals surface area contributed by atoms with Crippen LogP contribution in [0, 0.1) is 0 Å². The number of halogens is 3. The zero-order chi connectivity index (χ0) is 22.6. The first-order valence-corrected chi connectivity index (χ1v) is 10.6. The number of hydrogen-bond donors (Lipinski definition) is 1. The summed E-state index contributed by atoms with van der Waals surface area (Å²) in [7, 11) is 1.65. The van der Waals surface area contributed by atoms with Gasteiger partial charge in [-0.1, -0.05) is 42.5 Å². The summed E-state index contributed by atoms with van der Waals surface area (Å²) in [6.07, 6.45) is -4.32. The molecule has 0 spiro atoms. The number of alkyl halides is 3. The van der Waals surface area contributed by atoms with E-state index in [9.17, 15) is 13.2 Å². The van der Waals surface area contributed by atoms with E-state index in [0.717, 1.165) is 54.7 Å². The van der Waals surface area contributed by atoms with Gasteiger partial charge in [0.05, 0.1) is 12.2 Å². The number of piperazine rings is 1. The van der Waals surface area contributed by atoms with Crippen LogP contribution in [0.25, 0.3) is 10.8 Å². The topological polar surface area (TPSA) is 53.5 Å². The summed E-state index contributed by atoms with van der Waals surface area (Å²) in [6, 6.07) is 13.6. The molecule has 0 aliphatic carbocycles. The van der Waals surface area contributed by atoms with Crippen LogP contribution in [0.15, 0.2) is 48.5 Å². The number of aromatic nitrogens is 2. The zero-order valence-electron chi connectivity index (χ0n) is 17.9. The van der Waals surface area contributed by atoms with Crippen LogP contribution in [0.4, 0.5) is 24.8 Å². The van der Waals surface area contributed by atoms with Gasteiger partial charge in [0.2, 0.25) is 0 Å². The molecule has 0 amide bonds. The van der Waals surface area contributed by atoms with Gasteiger partial charge in [-0.2, -0.15) is 13.2 Å². The average molecular weight is 445 g/mol. The normalized spacial score (nSPS) is 15.3. The van der Waals surface area contributed by atoms with Crippen molar-refractivity contribution in [3.63, 3.8) is 0 Å². The Hall–Kier alpha value is -2.91. The second-order valence-electron chi connectivity index (χ2n) is 7.80. The van der Waals surface area contributed by atoms with Crippen LogP contribution in [0.2, 0.25) is 0 Å². The van der Waals surface area contributed by atoms with Crippen LogP contribution in [0.5, 0.6) is 0 Å². The minimum Gasteiger partial charge on any atom is -0.383 e. The number of hydrogen-bond acceptors (Lipinski definition) is 6. The molecule has 1 saturated heterocycles. The molecular weight excluding hydrogens is 419 g/mol. The third kappa shape index (κ3) is 5.11. The zero-order valence-corrected chi connectivity index (χ0v) is 17.9. The monoisotopic (exact) mass is 445 g/mol. The van der Waals surface area contributed by atoms with Gasteiger partial charge in [0.25, 0.3) is 0 Å². The van der Waals surface area contributed by atoms with Gasteiger partial charge in [0.1, 0.15) is 0 Å². The maximum Gasteiger partial charge on any atom is 0.416 e. The van der Waals surface area contributed by atoms with E-state index in [4.69, 9.17) is 4.74 Å². The Morgan fingerprint density at radius 3 is 2.44 bits per heavy atom. The highest BCUT2D eigenvalue weighted by molar-refractivity contribution is 5.98. The van der Waals surface area contributed by atoms with Gasteiger partial charge in [-0.25, -0.2) is 0 Å². The Bertz CT molecular complexity index is 1050. The molecule has 1 aliphatic rings. The van der Waals surface area contributed by atoms with Gasteiger partial charge in [-0.15, -0.1) is 10.2 Å². The Morgan fingerprint density at radius 2 is 1.72 bits per heavy atom. The van der Waals surface area contributed by atoms with Crippen molar-refractivity contribution in [2.75, 3.05) is 56.7 Å². The molecule has 1 N–H and O–H groups in total. The summed E-state index contributed by atoms with van der Waals surface area (Å²) < 4.78 is 44.0. The molecule has 2 heterocycles. The molecule has 1 fully saturated rings. The van der Waals surface area contributed by atoms with Gasteiger partial charge in [-0.05, 0) is 11.6 Å². The van der Waals surface area contributed by atoms with Gasteiger partial charge in [0.15, 0.2) is 11.6 Å². The molecule has 2 aromatic carbocycles. The molecule has 9 heteroatoms. The van der Waals surface area contributed by atoms with E-state index in [0.29, 0.717) is 25.3 Å². The van der Waals surface area contributed by atoms with Crippen molar-refractivity contribution in [2.45, 2.75) is 12.7 Å². The summed E-state index contributed by atoms with van der Waals surface area (Å²) in [5, 5.41) is 14.2. The van der Waals surface area contributed by atoms with E-state index in [1.165, 1.54) is 12.1 Å². The Labute approximate surface area is 185 Å². The summed E-state index contributed by atoms with van der Waals surface area (Å²) in [5.41, 5.74) is 0.0691. The van der Waals surface area contributed by atoms with Crippen molar-refractivity contribution in [3.8, 4) is 0 Å². The molecule has 0 atom stereocenters. The SMILES string of the molecule is COCCNc1nnc(N2CCN(Cc3cccc(C(F)(F)F)c3)CC2)c2ccccc12. The fraction of sp³-hybridized carbons (Fsp3) is 0.391. The highest BCUT2D eigenvalue weighted by Gasteiger charge is 2.30. The lowest BCUT2D eigenvalue weighted by Gasteiger charge is -2.35. The Morgan fingerprint density at radius 1 is 0.969 bits per heavy atom. The predicted molar refractivity (Wildman–Crippen MR) is 119 cm³/mol. The van der Waals surface area contributed by atoms with Gasteiger partial charge >= 0.3 is 6.18 Å². The highest BCUT2D eigenvalue weighted by atomic mass is 19.4. The highest BCUT2D eigenvalue weighted by Crippen LogP contribution is 2.31. The lowest BCUT2D eigenvalue weighted by Crippen LogP contribution is -2.46. The number of methoxy groups -OCH3 is 1. The second-order valence-corrected chi connectivity index (χ2v) is 7.80. The summed E-state index contributed by atoms with van der Waals surface area (Å²) in [6.45, 7) is 4.64. The van der Waals surface area contributed by atoms with Crippen LogP contribution in [0.1, 0.15) is 11.1 Å². The molecule has 32 heavy (non-hydrogen) atoms. The maximum absolute atomic E-state index is 13.0. The quantitative estimate of drug-likeness (QED) is 0.555. The van der Waals surface area contributed by atoms with Crippen molar-refractivity contribution in [3.05, 3.63) is 59.7 Å². The number of rotatable bonds is 7. The predicted octanol–water partition coefficient (Wildman–Crippen LogP) is 4.03. The first kappa shape index (κ1) is 22.3. The van der Waals surface area contributed by atoms with Crippen LogP contribution in [-0.4, -0.2) is 61.5 Å². The maximum atomic E-state index is 13.0. The fourth-order valence-electron chi connectivity index (χ4n) is 3.95.